The summed E-state index contributed by atoms with van der Waals surface area (Å²) >= 11 is 0. The van der Waals surface area contributed by atoms with Crippen molar-refractivity contribution in [3.8, 4) is 0 Å². The van der Waals surface area contributed by atoms with Gasteiger partial charge in [-0.05, 0) is 58.0 Å². The van der Waals surface area contributed by atoms with Gasteiger partial charge in [-0.2, -0.15) is 0 Å². The largest absolute Gasteiger partial charge is 0.355 e. The molecule has 128 valence electrons. The lowest BCUT2D eigenvalue weighted by Crippen LogP contribution is -2.50. The van der Waals surface area contributed by atoms with Crippen molar-refractivity contribution in [3.63, 3.8) is 0 Å². The van der Waals surface area contributed by atoms with E-state index in [-0.39, 0.29) is 11.8 Å². The highest BCUT2D eigenvalue weighted by atomic mass is 16.1. The van der Waals surface area contributed by atoms with Crippen LogP contribution in [0.3, 0.4) is 0 Å². The molecule has 0 aliphatic carbocycles. The normalized spacial score (nSPS) is 22.3. The fraction of sp³-hybridized carbons (Fsp3) is 0.944. The highest BCUT2D eigenvalue weighted by Crippen LogP contribution is 2.22. The minimum absolute atomic E-state index is 0.236. The van der Waals surface area contributed by atoms with Crippen LogP contribution in [0.2, 0.25) is 0 Å². The molecule has 0 aromatic carbocycles. The highest BCUT2D eigenvalue weighted by Gasteiger charge is 2.28. The summed E-state index contributed by atoms with van der Waals surface area (Å²) in [6.45, 7) is 15.5. The average Bonchev–Trinajstić information content (AvgIpc) is 2.44. The Morgan fingerprint density at radius 3 is 2.32 bits per heavy atom. The van der Waals surface area contributed by atoms with Crippen molar-refractivity contribution in [2.24, 2.45) is 17.8 Å². The first-order valence-electron chi connectivity index (χ1n) is 9.19. The lowest BCUT2D eigenvalue weighted by Gasteiger charge is -2.40. The molecule has 2 rings (SSSR count). The molecule has 1 amide bonds. The topological polar surface area (TPSA) is 35.6 Å². The van der Waals surface area contributed by atoms with Gasteiger partial charge in [0, 0.05) is 38.1 Å². The van der Waals surface area contributed by atoms with E-state index >= 15 is 0 Å². The van der Waals surface area contributed by atoms with Gasteiger partial charge in [-0.3, -0.25) is 4.79 Å². The molecule has 0 unspecified atom stereocenters. The Hall–Kier alpha value is -0.610. The molecule has 22 heavy (non-hydrogen) atoms. The molecule has 2 fully saturated rings. The number of amides is 1. The zero-order valence-corrected chi connectivity index (χ0v) is 15.0. The first-order chi connectivity index (χ1) is 10.5. The van der Waals surface area contributed by atoms with Crippen LogP contribution < -0.4 is 5.32 Å². The Balaban J connectivity index is 1.54. The van der Waals surface area contributed by atoms with Crippen LogP contribution in [0.15, 0.2) is 0 Å². The van der Waals surface area contributed by atoms with E-state index in [4.69, 9.17) is 0 Å². The Kier molecular flexibility index (Phi) is 6.69. The minimum Gasteiger partial charge on any atom is -0.355 e. The van der Waals surface area contributed by atoms with Crippen molar-refractivity contribution in [2.45, 2.75) is 53.0 Å². The van der Waals surface area contributed by atoms with Crippen molar-refractivity contribution >= 4 is 5.91 Å². The summed E-state index contributed by atoms with van der Waals surface area (Å²) in [5.74, 6) is 2.21. The Morgan fingerprint density at radius 2 is 1.77 bits per heavy atom. The second kappa shape index (κ2) is 8.30. The molecule has 0 spiro atoms. The molecule has 0 radical (unpaired) electrons. The van der Waals surface area contributed by atoms with Gasteiger partial charge in [0.25, 0.3) is 0 Å². The Morgan fingerprint density at radius 1 is 1.14 bits per heavy atom. The monoisotopic (exact) mass is 309 g/mol. The predicted molar refractivity (Wildman–Crippen MR) is 91.8 cm³/mol. The van der Waals surface area contributed by atoms with Crippen molar-refractivity contribution < 1.29 is 4.79 Å². The smallest absolute Gasteiger partial charge is 0.223 e. The molecule has 4 heteroatoms. The third-order valence-electron chi connectivity index (χ3n) is 5.20. The van der Waals surface area contributed by atoms with Crippen LogP contribution in [0, 0.1) is 17.8 Å². The molecule has 2 aliphatic heterocycles. The summed E-state index contributed by atoms with van der Waals surface area (Å²) in [5, 5.41) is 3.15. The van der Waals surface area contributed by atoms with Crippen molar-refractivity contribution in [1.82, 2.24) is 15.1 Å². The number of rotatable bonds is 7. The fourth-order valence-electron chi connectivity index (χ4n) is 3.83. The predicted octanol–water partition coefficient (Wildman–Crippen LogP) is 2.20. The van der Waals surface area contributed by atoms with Crippen molar-refractivity contribution in [2.75, 3.05) is 39.3 Å². The maximum absolute atomic E-state index is 12.2. The molecule has 1 N–H and O–H groups in total. The molecule has 0 atom stereocenters. The number of nitrogens with zero attached hydrogens (tertiary/aromatic N) is 2. The first-order valence-corrected chi connectivity index (χ1v) is 9.19. The van der Waals surface area contributed by atoms with E-state index in [2.05, 4.69) is 42.8 Å². The van der Waals surface area contributed by atoms with Crippen LogP contribution in [-0.4, -0.2) is 61.0 Å². The summed E-state index contributed by atoms with van der Waals surface area (Å²) in [6.07, 6.45) is 3.38. The van der Waals surface area contributed by atoms with Crippen LogP contribution in [0.1, 0.15) is 47.0 Å². The van der Waals surface area contributed by atoms with Crippen molar-refractivity contribution in [3.05, 3.63) is 0 Å². The SMILES string of the molecule is CC(C)CC1CN(CCNC(=O)C2CCN(C(C)C)CC2)C1. The maximum Gasteiger partial charge on any atom is 0.223 e. The van der Waals surface area contributed by atoms with Gasteiger partial charge in [0.2, 0.25) is 5.91 Å². The van der Waals surface area contributed by atoms with Crippen LogP contribution >= 0.6 is 0 Å². The molecule has 0 aromatic rings. The lowest BCUT2D eigenvalue weighted by atomic mass is 9.90. The van der Waals surface area contributed by atoms with E-state index in [1.807, 2.05) is 0 Å². The molecule has 0 saturated carbocycles. The molecule has 0 aromatic heterocycles. The zero-order valence-electron chi connectivity index (χ0n) is 15.0. The van der Waals surface area contributed by atoms with Gasteiger partial charge in [0.1, 0.15) is 0 Å². The number of nitrogens with one attached hydrogen (secondary N) is 1. The number of carbonyl (C=O) groups excluding carboxylic acids is 1. The summed E-state index contributed by atoms with van der Waals surface area (Å²) in [5.41, 5.74) is 0. The van der Waals surface area contributed by atoms with Gasteiger partial charge in [0.05, 0.1) is 0 Å². The molecular weight excluding hydrogens is 274 g/mol. The van der Waals surface area contributed by atoms with E-state index in [1.54, 1.807) is 0 Å². The third kappa shape index (κ3) is 5.24. The van der Waals surface area contributed by atoms with Crippen LogP contribution in [0.5, 0.6) is 0 Å². The van der Waals surface area contributed by atoms with Gasteiger partial charge >= 0.3 is 0 Å². The molecule has 4 nitrogen and oxygen atoms in total. The van der Waals surface area contributed by atoms with Gasteiger partial charge < -0.3 is 15.1 Å². The molecule has 2 heterocycles. The van der Waals surface area contributed by atoms with Gasteiger partial charge in [-0.25, -0.2) is 0 Å². The number of hydrogen-bond acceptors (Lipinski definition) is 3. The van der Waals surface area contributed by atoms with E-state index in [9.17, 15) is 4.79 Å². The quantitative estimate of drug-likeness (QED) is 0.783. The molecular formula is C18H35N3O. The Labute approximate surface area is 136 Å². The minimum atomic E-state index is 0.236. The maximum atomic E-state index is 12.2. The number of carbonyl (C=O) groups is 1. The van der Waals surface area contributed by atoms with Gasteiger partial charge in [-0.15, -0.1) is 0 Å². The summed E-state index contributed by atoms with van der Waals surface area (Å²) in [7, 11) is 0. The molecule has 0 bridgehead atoms. The molecule has 2 aliphatic rings. The second-order valence-corrected chi connectivity index (χ2v) is 7.95. The van der Waals surface area contributed by atoms with Gasteiger partial charge in [-0.1, -0.05) is 13.8 Å². The Bertz CT molecular complexity index is 342. The summed E-state index contributed by atoms with van der Waals surface area (Å²) in [4.78, 5) is 17.2. The highest BCUT2D eigenvalue weighted by molar-refractivity contribution is 5.78. The first kappa shape index (κ1) is 17.7. The van der Waals surface area contributed by atoms with Crippen LogP contribution in [0.25, 0.3) is 0 Å². The summed E-state index contributed by atoms with van der Waals surface area (Å²) < 4.78 is 0. The van der Waals surface area contributed by atoms with E-state index in [0.29, 0.717) is 6.04 Å². The number of hydrogen-bond donors (Lipinski definition) is 1. The standard InChI is InChI=1S/C18H35N3O/c1-14(2)11-16-12-20(13-16)10-7-19-18(22)17-5-8-21(9-6-17)15(3)4/h14-17H,5-13H2,1-4H3,(H,19,22). The number of likely N-dealkylation sites (tertiary alicyclic amines) is 2. The van der Waals surface area contributed by atoms with E-state index < -0.39 is 0 Å². The van der Waals surface area contributed by atoms with Crippen LogP contribution in [0.4, 0.5) is 0 Å². The fourth-order valence-corrected chi connectivity index (χ4v) is 3.83. The lowest BCUT2D eigenvalue weighted by molar-refractivity contribution is -0.126. The molecule has 2 saturated heterocycles. The third-order valence-corrected chi connectivity index (χ3v) is 5.20. The second-order valence-electron chi connectivity index (χ2n) is 7.95. The summed E-state index contributed by atoms with van der Waals surface area (Å²) in [6, 6.07) is 0.606. The number of piperidine rings is 1. The van der Waals surface area contributed by atoms with E-state index in [0.717, 1.165) is 50.9 Å². The average molecular weight is 309 g/mol. The van der Waals surface area contributed by atoms with Gasteiger partial charge in [0.15, 0.2) is 0 Å². The van der Waals surface area contributed by atoms with Crippen molar-refractivity contribution in [1.29, 1.82) is 0 Å². The van der Waals surface area contributed by atoms with E-state index in [1.165, 1.54) is 19.5 Å². The van der Waals surface area contributed by atoms with Crippen LogP contribution in [-0.2, 0) is 4.79 Å². The zero-order chi connectivity index (χ0) is 16.1.